The highest BCUT2D eigenvalue weighted by Crippen LogP contribution is 2.37. The molecule has 0 spiro atoms. The van der Waals surface area contributed by atoms with E-state index in [1.54, 1.807) is 7.05 Å². The van der Waals surface area contributed by atoms with E-state index in [9.17, 15) is 8.42 Å². The number of nitrogens with zero attached hydrogens (tertiary/aromatic N) is 1. The van der Waals surface area contributed by atoms with Crippen LogP contribution in [0.3, 0.4) is 0 Å². The molecule has 0 aromatic carbocycles. The average molecular weight is 363 g/mol. The number of halogens is 3. The van der Waals surface area contributed by atoms with Gasteiger partial charge in [-0.3, -0.25) is 0 Å². The van der Waals surface area contributed by atoms with E-state index in [0.29, 0.717) is 4.34 Å². The number of hydrogen-bond acceptors (Lipinski definition) is 3. The van der Waals surface area contributed by atoms with E-state index < -0.39 is 10.0 Å². The molecule has 3 nitrogen and oxygen atoms in total. The maximum Gasteiger partial charge on any atom is 0.245 e. The summed E-state index contributed by atoms with van der Waals surface area (Å²) >= 11 is 19.1. The Kier molecular flexibility index (Phi) is 5.07. The van der Waals surface area contributed by atoms with E-state index in [-0.39, 0.29) is 20.7 Å². The first-order valence-electron chi connectivity index (χ1n) is 5.91. The van der Waals surface area contributed by atoms with Gasteiger partial charge in [0.1, 0.15) is 9.23 Å². The molecule has 2 unspecified atom stereocenters. The lowest BCUT2D eigenvalue weighted by Crippen LogP contribution is -2.44. The Labute approximate surface area is 132 Å². The minimum Gasteiger partial charge on any atom is -0.207 e. The van der Waals surface area contributed by atoms with Crippen molar-refractivity contribution in [2.24, 2.45) is 0 Å². The van der Waals surface area contributed by atoms with E-state index in [0.717, 1.165) is 37.0 Å². The Morgan fingerprint density at radius 3 is 2.47 bits per heavy atom. The third kappa shape index (κ3) is 3.22. The van der Waals surface area contributed by atoms with Crippen molar-refractivity contribution >= 4 is 56.2 Å². The van der Waals surface area contributed by atoms with Crippen LogP contribution >= 0.6 is 46.1 Å². The molecule has 1 aliphatic carbocycles. The van der Waals surface area contributed by atoms with Crippen molar-refractivity contribution in [3.05, 3.63) is 14.7 Å². The zero-order valence-electron chi connectivity index (χ0n) is 10.3. The predicted molar refractivity (Wildman–Crippen MR) is 81.2 cm³/mol. The molecule has 0 amide bonds. The van der Waals surface area contributed by atoms with Gasteiger partial charge < -0.3 is 0 Å². The van der Waals surface area contributed by atoms with Crippen molar-refractivity contribution in [3.8, 4) is 0 Å². The number of alkyl halides is 1. The second-order valence-corrected chi connectivity index (χ2v) is 9.39. The summed E-state index contributed by atoms with van der Waals surface area (Å²) in [7, 11) is -2.08. The molecule has 1 fully saturated rings. The Morgan fingerprint density at radius 2 is 1.95 bits per heavy atom. The highest BCUT2D eigenvalue weighted by Gasteiger charge is 2.35. The van der Waals surface area contributed by atoms with E-state index in [1.165, 1.54) is 10.4 Å². The molecule has 1 aliphatic rings. The van der Waals surface area contributed by atoms with E-state index in [2.05, 4.69) is 0 Å². The lowest BCUT2D eigenvalue weighted by molar-refractivity contribution is 0.291. The summed E-state index contributed by atoms with van der Waals surface area (Å²) < 4.78 is 27.0. The number of thiophene rings is 1. The largest absolute Gasteiger partial charge is 0.245 e. The maximum atomic E-state index is 12.5. The smallest absolute Gasteiger partial charge is 0.207 e. The van der Waals surface area contributed by atoms with Gasteiger partial charge in [-0.25, -0.2) is 8.42 Å². The van der Waals surface area contributed by atoms with Gasteiger partial charge in [-0.15, -0.1) is 22.9 Å². The van der Waals surface area contributed by atoms with Crippen LogP contribution in [0, 0.1) is 0 Å². The highest BCUT2D eigenvalue weighted by atomic mass is 35.5. The maximum absolute atomic E-state index is 12.5. The van der Waals surface area contributed by atoms with Gasteiger partial charge in [0.2, 0.25) is 10.0 Å². The number of hydrogen-bond donors (Lipinski definition) is 0. The van der Waals surface area contributed by atoms with Crippen LogP contribution in [0.1, 0.15) is 25.7 Å². The van der Waals surface area contributed by atoms with Crippen LogP contribution in [-0.4, -0.2) is 31.2 Å². The summed E-state index contributed by atoms with van der Waals surface area (Å²) in [6.45, 7) is 0. The van der Waals surface area contributed by atoms with Gasteiger partial charge in [-0.2, -0.15) is 4.31 Å². The Bertz CT molecular complexity index is 558. The predicted octanol–water partition coefficient (Wildman–Crippen LogP) is 4.23. The molecule has 1 saturated carbocycles. The molecule has 8 heteroatoms. The Hall–Kier alpha value is 0.480. The van der Waals surface area contributed by atoms with Crippen LogP contribution in [0.2, 0.25) is 8.67 Å². The molecule has 2 rings (SSSR count). The van der Waals surface area contributed by atoms with Gasteiger partial charge in [0, 0.05) is 13.1 Å². The molecule has 2 atom stereocenters. The quantitative estimate of drug-likeness (QED) is 0.755. The van der Waals surface area contributed by atoms with Gasteiger partial charge in [-0.1, -0.05) is 36.0 Å². The molecule has 1 aromatic rings. The second-order valence-electron chi connectivity index (χ2n) is 4.58. The topological polar surface area (TPSA) is 37.4 Å². The van der Waals surface area contributed by atoms with Gasteiger partial charge in [0.05, 0.1) is 9.71 Å². The fourth-order valence-electron chi connectivity index (χ4n) is 2.31. The summed E-state index contributed by atoms with van der Waals surface area (Å²) in [5.41, 5.74) is 0. The van der Waals surface area contributed by atoms with Crippen molar-refractivity contribution in [2.45, 2.75) is 42.0 Å². The van der Waals surface area contributed by atoms with E-state index >= 15 is 0 Å². The van der Waals surface area contributed by atoms with Gasteiger partial charge in [0.15, 0.2) is 0 Å². The third-order valence-electron chi connectivity index (χ3n) is 3.40. The first kappa shape index (κ1) is 15.9. The zero-order valence-corrected chi connectivity index (χ0v) is 14.2. The molecule has 108 valence electrons. The number of rotatable bonds is 3. The fraction of sp³-hybridized carbons (Fsp3) is 0.636. The standard InChI is InChI=1S/C11H14Cl3NO2S2/c1-15(8-5-3-2-4-7(8)12)19(16,17)9-6-10(13)18-11(9)14/h6-8H,2-5H2,1H3. The molecule has 0 saturated heterocycles. The van der Waals surface area contributed by atoms with Crippen molar-refractivity contribution < 1.29 is 8.42 Å². The molecule has 19 heavy (non-hydrogen) atoms. The lowest BCUT2D eigenvalue weighted by Gasteiger charge is -2.33. The summed E-state index contributed by atoms with van der Waals surface area (Å²) in [6, 6.07) is 1.21. The van der Waals surface area contributed by atoms with Crippen molar-refractivity contribution in [2.75, 3.05) is 7.05 Å². The van der Waals surface area contributed by atoms with Gasteiger partial charge >= 0.3 is 0 Å². The fourth-order valence-corrected chi connectivity index (χ4v) is 6.36. The molecule has 0 aliphatic heterocycles. The molecular formula is C11H14Cl3NO2S2. The molecule has 1 aromatic heterocycles. The van der Waals surface area contributed by atoms with Crippen LogP contribution < -0.4 is 0 Å². The van der Waals surface area contributed by atoms with Crippen molar-refractivity contribution in [3.63, 3.8) is 0 Å². The molecule has 0 radical (unpaired) electrons. The van der Waals surface area contributed by atoms with E-state index in [1.807, 2.05) is 0 Å². The Morgan fingerprint density at radius 1 is 1.32 bits per heavy atom. The van der Waals surface area contributed by atoms with Crippen LogP contribution in [0.25, 0.3) is 0 Å². The van der Waals surface area contributed by atoms with E-state index in [4.69, 9.17) is 34.8 Å². The van der Waals surface area contributed by atoms with Crippen molar-refractivity contribution in [1.82, 2.24) is 4.31 Å². The zero-order chi connectivity index (χ0) is 14.2. The van der Waals surface area contributed by atoms with Crippen LogP contribution in [0.5, 0.6) is 0 Å². The minimum absolute atomic E-state index is 0.0705. The van der Waals surface area contributed by atoms with Gasteiger partial charge in [0.25, 0.3) is 0 Å². The molecular weight excluding hydrogens is 349 g/mol. The van der Waals surface area contributed by atoms with Crippen LogP contribution in [-0.2, 0) is 10.0 Å². The third-order valence-corrected chi connectivity index (χ3v) is 7.54. The summed E-state index contributed by atoms with van der Waals surface area (Å²) in [5, 5.41) is -0.151. The molecule has 0 N–H and O–H groups in total. The highest BCUT2D eigenvalue weighted by molar-refractivity contribution is 7.89. The Balaban J connectivity index is 2.31. The monoisotopic (exact) mass is 361 g/mol. The molecule has 1 heterocycles. The lowest BCUT2D eigenvalue weighted by atomic mass is 9.95. The van der Waals surface area contributed by atoms with Gasteiger partial charge in [-0.05, 0) is 18.9 Å². The van der Waals surface area contributed by atoms with Crippen molar-refractivity contribution in [1.29, 1.82) is 0 Å². The molecule has 0 bridgehead atoms. The normalized spacial score (nSPS) is 24.9. The van der Waals surface area contributed by atoms with Crippen LogP contribution in [0.15, 0.2) is 11.0 Å². The summed E-state index contributed by atoms with van der Waals surface area (Å²) in [4.78, 5) is 0.0705. The van der Waals surface area contributed by atoms with Crippen LogP contribution in [0.4, 0.5) is 0 Å². The second kappa shape index (κ2) is 6.08. The number of sulfonamides is 1. The first-order chi connectivity index (χ1) is 8.84. The SMILES string of the molecule is CN(C1CCCCC1Cl)S(=O)(=O)c1cc(Cl)sc1Cl. The average Bonchev–Trinajstić information content (AvgIpc) is 2.69. The summed E-state index contributed by atoms with van der Waals surface area (Å²) in [5.74, 6) is 0. The summed E-state index contributed by atoms with van der Waals surface area (Å²) in [6.07, 6.45) is 3.65. The first-order valence-corrected chi connectivity index (χ1v) is 9.36. The minimum atomic E-state index is -3.64.